The van der Waals surface area contributed by atoms with E-state index >= 15 is 0 Å². The molecule has 4 nitrogen and oxygen atoms in total. The third-order valence-electron chi connectivity index (χ3n) is 4.44. The Labute approximate surface area is 148 Å². The van der Waals surface area contributed by atoms with Gasteiger partial charge in [0.2, 0.25) is 0 Å². The molecule has 0 saturated carbocycles. The summed E-state index contributed by atoms with van der Waals surface area (Å²) in [5.74, 6) is 0. The van der Waals surface area contributed by atoms with Crippen LogP contribution in [0.5, 0.6) is 0 Å². The van der Waals surface area contributed by atoms with Gasteiger partial charge >= 0.3 is 0 Å². The summed E-state index contributed by atoms with van der Waals surface area (Å²) in [6.45, 7) is 7.69. The van der Waals surface area contributed by atoms with E-state index in [0.717, 1.165) is 30.9 Å². The van der Waals surface area contributed by atoms with E-state index in [-0.39, 0.29) is 0 Å². The van der Waals surface area contributed by atoms with Gasteiger partial charge in [-0.1, -0.05) is 36.8 Å². The Morgan fingerprint density at radius 3 is 2.25 bits per heavy atom. The van der Waals surface area contributed by atoms with Crippen LogP contribution in [-0.4, -0.2) is 43.8 Å². The first kappa shape index (κ1) is 17.6. The van der Waals surface area contributed by atoms with E-state index in [4.69, 9.17) is 0 Å². The lowest BCUT2D eigenvalue weighted by Crippen LogP contribution is -2.48. The zero-order valence-corrected chi connectivity index (χ0v) is 15.9. The lowest BCUT2D eigenvalue weighted by Gasteiger charge is -2.33. The Balaban J connectivity index is 1.60. The first-order valence-electron chi connectivity index (χ1n) is 8.36. The molecule has 1 aliphatic heterocycles. The van der Waals surface area contributed by atoms with E-state index in [1.165, 1.54) is 22.5 Å². The molecule has 1 fully saturated rings. The molecule has 0 spiro atoms. The summed E-state index contributed by atoms with van der Waals surface area (Å²) in [7, 11) is -3.33. The summed E-state index contributed by atoms with van der Waals surface area (Å²) in [5.41, 5.74) is 2.54. The van der Waals surface area contributed by atoms with E-state index in [1.807, 2.05) is 13.0 Å². The minimum Gasteiger partial charge on any atom is -0.296 e. The molecule has 0 amide bonds. The predicted molar refractivity (Wildman–Crippen MR) is 98.9 cm³/mol. The average Bonchev–Trinajstić information content (AvgIpc) is 3.07. The number of sulfonamides is 1. The van der Waals surface area contributed by atoms with Gasteiger partial charge in [-0.05, 0) is 31.0 Å². The van der Waals surface area contributed by atoms with Crippen LogP contribution in [0.4, 0.5) is 0 Å². The SMILES string of the molecule is CCc1ccc(S(=O)(=O)N2CCN(Cc3ccc(C)cc3)CC2)s1. The van der Waals surface area contributed by atoms with Gasteiger partial charge in [0.15, 0.2) is 0 Å². The van der Waals surface area contributed by atoms with E-state index in [0.29, 0.717) is 17.3 Å². The van der Waals surface area contributed by atoms with Gasteiger partial charge in [-0.25, -0.2) is 8.42 Å². The highest BCUT2D eigenvalue weighted by Gasteiger charge is 2.29. The number of nitrogens with zero attached hydrogens (tertiary/aromatic N) is 2. The van der Waals surface area contributed by atoms with E-state index in [1.54, 1.807) is 10.4 Å². The number of hydrogen-bond donors (Lipinski definition) is 0. The summed E-state index contributed by atoms with van der Waals surface area (Å²) in [5, 5.41) is 0. The molecule has 6 heteroatoms. The number of aryl methyl sites for hydroxylation is 2. The second-order valence-corrected chi connectivity index (χ2v) is 9.57. The topological polar surface area (TPSA) is 40.6 Å². The Morgan fingerprint density at radius 2 is 1.67 bits per heavy atom. The van der Waals surface area contributed by atoms with E-state index in [9.17, 15) is 8.42 Å². The monoisotopic (exact) mass is 364 g/mol. The van der Waals surface area contributed by atoms with Crippen LogP contribution in [0.1, 0.15) is 22.9 Å². The first-order valence-corrected chi connectivity index (χ1v) is 10.6. The van der Waals surface area contributed by atoms with Gasteiger partial charge < -0.3 is 0 Å². The molecule has 1 aliphatic rings. The standard InChI is InChI=1S/C18H24N2O2S2/c1-3-17-8-9-18(23-17)24(21,22)20-12-10-19(11-13-20)14-16-6-4-15(2)5-7-16/h4-9H,3,10-14H2,1-2H3. The fourth-order valence-electron chi connectivity index (χ4n) is 2.89. The second kappa shape index (κ2) is 7.35. The quantitative estimate of drug-likeness (QED) is 0.818. The van der Waals surface area contributed by atoms with Crippen LogP contribution >= 0.6 is 11.3 Å². The molecule has 1 aromatic heterocycles. The molecule has 1 aromatic carbocycles. The van der Waals surface area contributed by atoms with Crippen LogP contribution in [0.25, 0.3) is 0 Å². The first-order chi connectivity index (χ1) is 11.5. The molecule has 24 heavy (non-hydrogen) atoms. The lowest BCUT2D eigenvalue weighted by atomic mass is 10.1. The van der Waals surface area contributed by atoms with Crippen molar-refractivity contribution in [3.63, 3.8) is 0 Å². The maximum absolute atomic E-state index is 12.7. The van der Waals surface area contributed by atoms with Crippen molar-refractivity contribution in [2.45, 2.75) is 31.0 Å². The third-order valence-corrected chi connectivity index (χ3v) is 8.03. The Kier molecular flexibility index (Phi) is 5.39. The zero-order chi connectivity index (χ0) is 17.2. The summed E-state index contributed by atoms with van der Waals surface area (Å²) in [4.78, 5) is 3.44. The third kappa shape index (κ3) is 3.88. The van der Waals surface area contributed by atoms with Crippen molar-refractivity contribution in [2.75, 3.05) is 26.2 Å². The van der Waals surface area contributed by atoms with Crippen molar-refractivity contribution in [2.24, 2.45) is 0 Å². The van der Waals surface area contributed by atoms with Gasteiger partial charge in [-0.2, -0.15) is 4.31 Å². The summed E-state index contributed by atoms with van der Waals surface area (Å²) in [6.07, 6.45) is 0.879. The van der Waals surface area contributed by atoms with Gasteiger partial charge in [0.05, 0.1) is 0 Å². The molecule has 0 atom stereocenters. The summed E-state index contributed by atoms with van der Waals surface area (Å²) >= 11 is 1.39. The van der Waals surface area contributed by atoms with Crippen molar-refractivity contribution >= 4 is 21.4 Å². The van der Waals surface area contributed by atoms with Crippen molar-refractivity contribution in [3.8, 4) is 0 Å². The molecule has 0 bridgehead atoms. The summed E-state index contributed by atoms with van der Waals surface area (Å²) < 4.78 is 27.6. The van der Waals surface area contributed by atoms with Crippen molar-refractivity contribution in [1.82, 2.24) is 9.21 Å². The van der Waals surface area contributed by atoms with Gasteiger partial charge in [-0.15, -0.1) is 11.3 Å². The minimum absolute atomic E-state index is 0.478. The Bertz CT molecular complexity index is 774. The molecule has 0 N–H and O–H groups in total. The fraction of sp³-hybridized carbons (Fsp3) is 0.444. The lowest BCUT2D eigenvalue weighted by molar-refractivity contribution is 0.182. The molecule has 0 unspecified atom stereocenters. The highest BCUT2D eigenvalue weighted by Crippen LogP contribution is 2.26. The molecule has 3 rings (SSSR count). The van der Waals surface area contributed by atoms with Crippen LogP contribution in [0.15, 0.2) is 40.6 Å². The van der Waals surface area contributed by atoms with Crippen LogP contribution in [0, 0.1) is 6.92 Å². The molecular weight excluding hydrogens is 340 g/mol. The second-order valence-electron chi connectivity index (χ2n) is 6.24. The van der Waals surface area contributed by atoms with E-state index < -0.39 is 10.0 Å². The molecule has 1 saturated heterocycles. The van der Waals surface area contributed by atoms with Crippen molar-refractivity contribution in [1.29, 1.82) is 0 Å². The number of piperazine rings is 1. The van der Waals surface area contributed by atoms with Crippen molar-refractivity contribution in [3.05, 3.63) is 52.4 Å². The minimum atomic E-state index is -3.33. The highest BCUT2D eigenvalue weighted by atomic mass is 32.2. The normalized spacial score (nSPS) is 17.2. The fourth-order valence-corrected chi connectivity index (χ4v) is 5.77. The molecule has 0 radical (unpaired) electrons. The molecule has 2 heterocycles. The van der Waals surface area contributed by atoms with Crippen LogP contribution in [0.3, 0.4) is 0 Å². The van der Waals surface area contributed by atoms with Gasteiger partial charge in [0.1, 0.15) is 4.21 Å². The van der Waals surface area contributed by atoms with Crippen LogP contribution in [-0.2, 0) is 23.0 Å². The zero-order valence-electron chi connectivity index (χ0n) is 14.2. The average molecular weight is 365 g/mol. The van der Waals surface area contributed by atoms with Crippen molar-refractivity contribution < 1.29 is 8.42 Å². The number of benzene rings is 1. The van der Waals surface area contributed by atoms with Crippen LogP contribution in [0.2, 0.25) is 0 Å². The van der Waals surface area contributed by atoms with Gasteiger partial charge in [0, 0.05) is 37.6 Å². The van der Waals surface area contributed by atoms with Crippen LogP contribution < -0.4 is 0 Å². The van der Waals surface area contributed by atoms with E-state index in [2.05, 4.69) is 36.1 Å². The highest BCUT2D eigenvalue weighted by molar-refractivity contribution is 7.91. The van der Waals surface area contributed by atoms with Gasteiger partial charge in [-0.3, -0.25) is 4.90 Å². The van der Waals surface area contributed by atoms with Gasteiger partial charge in [0.25, 0.3) is 10.0 Å². The number of thiophene rings is 1. The maximum Gasteiger partial charge on any atom is 0.252 e. The predicted octanol–water partition coefficient (Wildman–Crippen LogP) is 3.13. The molecule has 0 aliphatic carbocycles. The Morgan fingerprint density at radius 1 is 1.00 bits per heavy atom. The smallest absolute Gasteiger partial charge is 0.252 e. The molecule has 2 aromatic rings. The molecule has 130 valence electrons. The largest absolute Gasteiger partial charge is 0.296 e. The maximum atomic E-state index is 12.7. The number of rotatable bonds is 5. The molecular formula is C18H24N2O2S2. The summed E-state index contributed by atoms with van der Waals surface area (Å²) in [6, 6.07) is 12.2. The Hall–Kier alpha value is -1.21. The number of hydrogen-bond acceptors (Lipinski definition) is 4.